The molecule has 1 aromatic carbocycles. The van der Waals surface area contributed by atoms with Crippen molar-refractivity contribution in [2.24, 2.45) is 0 Å². The van der Waals surface area contributed by atoms with Crippen molar-refractivity contribution in [2.75, 3.05) is 7.11 Å². The molecule has 1 heterocycles. The Bertz CT molecular complexity index is 670. The highest BCUT2D eigenvalue weighted by atomic mass is 35.6. The van der Waals surface area contributed by atoms with Gasteiger partial charge in [0.2, 0.25) is 7.59 Å². The zero-order chi connectivity index (χ0) is 18.4. The van der Waals surface area contributed by atoms with E-state index in [9.17, 15) is 0 Å². The van der Waals surface area contributed by atoms with Crippen LogP contribution in [0.25, 0.3) is 6.08 Å². The summed E-state index contributed by atoms with van der Waals surface area (Å²) in [6, 6.07) is 5.28. The Labute approximate surface area is 169 Å². The number of halogens is 6. The molecule has 10 heteroatoms. The fourth-order valence-electron chi connectivity index (χ4n) is 1.57. The Hall–Kier alpha value is -0.490. The lowest BCUT2D eigenvalue weighted by Crippen LogP contribution is -2.06. The Kier molecular flexibility index (Phi) is 8.33. The number of rotatable bonds is 2. The van der Waals surface area contributed by atoms with Gasteiger partial charge in [0.05, 0.1) is 7.11 Å². The van der Waals surface area contributed by atoms with Crippen LogP contribution in [0.2, 0.25) is 0 Å². The fraction of sp³-hybridized carbons (Fsp3) is 0.214. The van der Waals surface area contributed by atoms with Gasteiger partial charge in [0.15, 0.2) is 5.82 Å². The van der Waals surface area contributed by atoms with Crippen LogP contribution in [0.15, 0.2) is 37.4 Å². The molecule has 0 aliphatic heterocycles. The van der Waals surface area contributed by atoms with Gasteiger partial charge >= 0.3 is 0 Å². The molecular weight excluding hydrogens is 439 g/mol. The van der Waals surface area contributed by atoms with Crippen molar-refractivity contribution in [1.29, 1.82) is 0 Å². The predicted molar refractivity (Wildman–Crippen MR) is 101 cm³/mol. The van der Waals surface area contributed by atoms with Gasteiger partial charge < -0.3 is 4.74 Å². The largest absolute Gasteiger partial charge is 0.496 e. The maximum absolute atomic E-state index is 5.80. The maximum Gasteiger partial charge on any atom is 0.250 e. The molecule has 0 atom stereocenters. The Morgan fingerprint density at radius 1 is 1.00 bits per heavy atom. The number of methoxy groups -OCH3 is 1. The van der Waals surface area contributed by atoms with Crippen LogP contribution in [0.1, 0.15) is 17.0 Å². The molecule has 0 saturated heterocycles. The number of hydrogen-bond acceptors (Lipinski definition) is 4. The molecule has 0 unspecified atom stereocenters. The molecule has 0 spiro atoms. The monoisotopic (exact) mass is 447 g/mol. The van der Waals surface area contributed by atoms with E-state index in [1.807, 2.05) is 0 Å². The summed E-state index contributed by atoms with van der Waals surface area (Å²) in [6.45, 7) is 3.66. The smallest absolute Gasteiger partial charge is 0.250 e. The molecule has 0 radical (unpaired) electrons. The van der Waals surface area contributed by atoms with E-state index in [1.165, 1.54) is 12.7 Å². The number of hydrogen-bond donors (Lipinski definition) is 0. The minimum absolute atomic E-state index is 0.132. The van der Waals surface area contributed by atoms with Gasteiger partial charge in [-0.25, -0.2) is 15.0 Å². The molecule has 0 N–H and O–H groups in total. The lowest BCUT2D eigenvalue weighted by atomic mass is 10.1. The van der Waals surface area contributed by atoms with Crippen LogP contribution in [-0.2, 0) is 7.59 Å². The molecule has 24 heavy (non-hydrogen) atoms. The summed E-state index contributed by atoms with van der Waals surface area (Å²) in [5, 5.41) is 0. The maximum atomic E-state index is 5.80. The summed E-state index contributed by atoms with van der Waals surface area (Å²) in [5.74, 6) is 0.774. The highest BCUT2D eigenvalue weighted by molar-refractivity contribution is 6.67. The van der Waals surface area contributed by atoms with Crippen molar-refractivity contribution in [3.05, 3.63) is 54.4 Å². The normalized spacial score (nSPS) is 11.3. The second kappa shape index (κ2) is 9.27. The van der Waals surface area contributed by atoms with E-state index in [2.05, 4.69) is 21.5 Å². The van der Waals surface area contributed by atoms with Crippen molar-refractivity contribution >= 4 is 75.7 Å². The number of nitrogens with zero attached hydrogens (tertiary/aromatic N) is 3. The SMILES string of the molecule is C=Cc1c(OC)cccc1C(Cl)(Cl)Cl.ClC(Cl)(Cl)c1ncncn1. The third kappa shape index (κ3) is 6.43. The molecule has 130 valence electrons. The molecule has 0 aliphatic rings. The second-order valence-electron chi connectivity index (χ2n) is 4.08. The van der Waals surface area contributed by atoms with E-state index in [-0.39, 0.29) is 5.82 Å². The first-order chi connectivity index (χ1) is 11.1. The Morgan fingerprint density at radius 2 is 1.58 bits per heavy atom. The van der Waals surface area contributed by atoms with Crippen LogP contribution in [0, 0.1) is 0 Å². The second-order valence-corrected chi connectivity index (χ2v) is 8.65. The van der Waals surface area contributed by atoms with E-state index >= 15 is 0 Å². The van der Waals surface area contributed by atoms with Crippen LogP contribution in [-0.4, -0.2) is 22.1 Å². The highest BCUT2D eigenvalue weighted by Crippen LogP contribution is 2.42. The van der Waals surface area contributed by atoms with E-state index in [4.69, 9.17) is 74.3 Å². The van der Waals surface area contributed by atoms with Gasteiger partial charge in [0, 0.05) is 11.1 Å². The first-order valence-electron chi connectivity index (χ1n) is 6.17. The Morgan fingerprint density at radius 3 is 1.96 bits per heavy atom. The summed E-state index contributed by atoms with van der Waals surface area (Å²) in [6.07, 6.45) is 4.14. The van der Waals surface area contributed by atoms with E-state index in [1.54, 1.807) is 31.4 Å². The standard InChI is InChI=1S/C10H9Cl3O.C4H2Cl3N3/c1-3-7-8(10(11,12)13)5-4-6-9(7)14-2;5-4(6,7)3-9-1-8-2-10-3/h3-6H,1H2,2H3;1-2H. The summed E-state index contributed by atoms with van der Waals surface area (Å²) in [5.41, 5.74) is 1.27. The predicted octanol–water partition coefficient (Wildman–Crippen LogP) is 5.86. The first kappa shape index (κ1) is 21.6. The zero-order valence-electron chi connectivity index (χ0n) is 12.2. The molecular formula is C14H11Cl6N3O. The number of ether oxygens (including phenoxy) is 1. The van der Waals surface area contributed by atoms with Gasteiger partial charge in [-0.15, -0.1) is 0 Å². The lowest BCUT2D eigenvalue weighted by molar-refractivity contribution is 0.413. The van der Waals surface area contributed by atoms with Crippen molar-refractivity contribution in [3.63, 3.8) is 0 Å². The molecule has 0 fully saturated rings. The minimum Gasteiger partial charge on any atom is -0.496 e. The van der Waals surface area contributed by atoms with Gasteiger partial charge in [-0.3, -0.25) is 0 Å². The molecule has 1 aromatic heterocycles. The number of aromatic nitrogens is 3. The first-order valence-corrected chi connectivity index (χ1v) is 8.44. The average Bonchev–Trinajstić information content (AvgIpc) is 2.53. The summed E-state index contributed by atoms with van der Waals surface area (Å²) in [4.78, 5) is 10.8. The third-order valence-corrected chi connectivity index (χ3v) is 3.66. The zero-order valence-corrected chi connectivity index (χ0v) is 16.7. The highest BCUT2D eigenvalue weighted by Gasteiger charge is 2.26. The van der Waals surface area contributed by atoms with Crippen LogP contribution >= 0.6 is 69.6 Å². The topological polar surface area (TPSA) is 47.9 Å². The van der Waals surface area contributed by atoms with E-state index in [0.717, 1.165) is 0 Å². The van der Waals surface area contributed by atoms with Crippen molar-refractivity contribution in [2.45, 2.75) is 7.59 Å². The van der Waals surface area contributed by atoms with Crippen molar-refractivity contribution in [3.8, 4) is 5.75 Å². The van der Waals surface area contributed by atoms with Gasteiger partial charge in [0.25, 0.3) is 0 Å². The molecule has 2 aromatic rings. The summed E-state index contributed by atoms with van der Waals surface area (Å²) < 4.78 is 2.11. The molecule has 0 aliphatic carbocycles. The third-order valence-electron chi connectivity index (χ3n) is 2.54. The van der Waals surface area contributed by atoms with Gasteiger partial charge in [0.1, 0.15) is 18.4 Å². The quantitative estimate of drug-likeness (QED) is 0.538. The average molecular weight is 450 g/mol. The molecule has 0 bridgehead atoms. The summed E-state index contributed by atoms with van der Waals surface area (Å²) >= 11 is 33.7. The van der Waals surface area contributed by atoms with E-state index < -0.39 is 7.59 Å². The minimum atomic E-state index is -1.55. The van der Waals surface area contributed by atoms with Gasteiger partial charge in [-0.05, 0) is 6.07 Å². The Balaban J connectivity index is 0.000000254. The fourth-order valence-corrected chi connectivity index (χ4v) is 2.35. The molecule has 2 rings (SSSR count). The van der Waals surface area contributed by atoms with Crippen LogP contribution in [0.4, 0.5) is 0 Å². The number of alkyl halides is 6. The lowest BCUT2D eigenvalue weighted by Gasteiger charge is -2.16. The van der Waals surface area contributed by atoms with Crippen LogP contribution in [0.5, 0.6) is 5.75 Å². The van der Waals surface area contributed by atoms with Gasteiger partial charge in [-0.2, -0.15) is 0 Å². The van der Waals surface area contributed by atoms with Crippen LogP contribution < -0.4 is 4.74 Å². The molecule has 0 amide bonds. The molecule has 4 nitrogen and oxygen atoms in total. The van der Waals surface area contributed by atoms with Crippen molar-refractivity contribution in [1.82, 2.24) is 15.0 Å². The van der Waals surface area contributed by atoms with Crippen molar-refractivity contribution < 1.29 is 4.74 Å². The molecule has 0 saturated carbocycles. The number of benzene rings is 1. The summed E-state index contributed by atoms with van der Waals surface area (Å²) in [7, 11) is 1.56. The van der Waals surface area contributed by atoms with Crippen LogP contribution in [0.3, 0.4) is 0 Å². The van der Waals surface area contributed by atoms with E-state index in [0.29, 0.717) is 16.9 Å². The van der Waals surface area contributed by atoms with Gasteiger partial charge in [-0.1, -0.05) is 94.4 Å².